The van der Waals surface area contributed by atoms with Gasteiger partial charge in [0.2, 0.25) is 0 Å². The Morgan fingerprint density at radius 2 is 1.38 bits per heavy atom. The molecule has 0 aliphatic heterocycles. The lowest BCUT2D eigenvalue weighted by Crippen LogP contribution is -2.26. The van der Waals surface area contributed by atoms with Crippen LogP contribution in [0.2, 0.25) is 0 Å². The van der Waals surface area contributed by atoms with E-state index in [1.54, 1.807) is 0 Å². The first-order valence-electron chi connectivity index (χ1n) is 9.29. The molecule has 2 aliphatic rings. The van der Waals surface area contributed by atoms with Gasteiger partial charge >= 0.3 is 0 Å². The molecule has 0 unspecified atom stereocenters. The van der Waals surface area contributed by atoms with E-state index < -0.39 is 11.6 Å². The highest BCUT2D eigenvalue weighted by molar-refractivity contribution is 5.49. The van der Waals surface area contributed by atoms with Gasteiger partial charge in [0, 0.05) is 5.56 Å². The molecule has 3 heteroatoms. The lowest BCUT2D eigenvalue weighted by molar-refractivity contribution is 0.148. The lowest BCUT2D eigenvalue weighted by atomic mass is 9.68. The van der Waals surface area contributed by atoms with Gasteiger partial charge in [-0.25, -0.2) is 8.78 Å². The average molecular weight is 336 g/mol. The molecular formula is C21H27F3. The summed E-state index contributed by atoms with van der Waals surface area (Å²) in [4.78, 5) is 0. The Kier molecular flexibility index (Phi) is 5.68. The molecule has 3 rings (SSSR count). The van der Waals surface area contributed by atoms with Crippen LogP contribution < -0.4 is 0 Å². The largest absolute Gasteiger partial charge is 0.251 e. The quantitative estimate of drug-likeness (QED) is 0.577. The van der Waals surface area contributed by atoms with E-state index in [0.29, 0.717) is 5.92 Å². The van der Waals surface area contributed by atoms with Gasteiger partial charge in [0.05, 0.1) is 6.67 Å². The molecule has 0 N–H and O–H groups in total. The third-order valence-electron chi connectivity index (χ3n) is 6.33. The van der Waals surface area contributed by atoms with E-state index in [4.69, 9.17) is 0 Å². The highest BCUT2D eigenvalue weighted by atomic mass is 19.1. The number of alkyl halides is 1. The third kappa shape index (κ3) is 3.70. The van der Waals surface area contributed by atoms with Crippen molar-refractivity contribution in [1.29, 1.82) is 0 Å². The number of rotatable bonds is 4. The van der Waals surface area contributed by atoms with Crippen LogP contribution in [-0.2, 0) is 0 Å². The molecular weight excluding hydrogens is 309 g/mol. The minimum atomic E-state index is -0.508. The second kappa shape index (κ2) is 7.76. The summed E-state index contributed by atoms with van der Waals surface area (Å²) in [6.07, 6.45) is 9.85. The molecule has 24 heavy (non-hydrogen) atoms. The van der Waals surface area contributed by atoms with Gasteiger partial charge in [-0.05, 0) is 92.7 Å². The van der Waals surface area contributed by atoms with Crippen LogP contribution in [-0.4, -0.2) is 6.67 Å². The van der Waals surface area contributed by atoms with Crippen molar-refractivity contribution in [2.45, 2.75) is 57.3 Å². The van der Waals surface area contributed by atoms with E-state index in [1.165, 1.54) is 18.2 Å². The van der Waals surface area contributed by atoms with Crippen LogP contribution in [0.1, 0.15) is 68.4 Å². The predicted molar refractivity (Wildman–Crippen MR) is 92.6 cm³/mol. The summed E-state index contributed by atoms with van der Waals surface area (Å²) >= 11 is 0. The van der Waals surface area contributed by atoms with Crippen LogP contribution in [0, 0.1) is 29.4 Å². The Morgan fingerprint density at radius 1 is 0.875 bits per heavy atom. The van der Waals surface area contributed by atoms with Crippen LogP contribution in [0.3, 0.4) is 0 Å². The number of halogens is 3. The molecule has 0 heterocycles. The maximum atomic E-state index is 14.0. The van der Waals surface area contributed by atoms with E-state index in [0.717, 1.165) is 62.8 Å². The van der Waals surface area contributed by atoms with E-state index in [-0.39, 0.29) is 24.1 Å². The topological polar surface area (TPSA) is 0 Å². The van der Waals surface area contributed by atoms with Gasteiger partial charge in [-0.3, -0.25) is 4.39 Å². The molecule has 0 spiro atoms. The van der Waals surface area contributed by atoms with Crippen molar-refractivity contribution < 1.29 is 13.2 Å². The molecule has 132 valence electrons. The number of hydrogen-bond acceptors (Lipinski definition) is 0. The lowest BCUT2D eigenvalue weighted by Gasteiger charge is -2.37. The molecule has 0 radical (unpaired) electrons. The van der Waals surface area contributed by atoms with Crippen LogP contribution >= 0.6 is 0 Å². The first-order valence-corrected chi connectivity index (χ1v) is 9.29. The summed E-state index contributed by atoms with van der Waals surface area (Å²) in [6, 6.07) is 2.97. The molecule has 2 aliphatic carbocycles. The molecule has 0 atom stereocenters. The summed E-state index contributed by atoms with van der Waals surface area (Å²) < 4.78 is 40.7. The zero-order valence-electron chi connectivity index (χ0n) is 14.2. The molecule has 0 nitrogen and oxygen atoms in total. The standard InChI is InChI=1S/C21H27F3/c1-2-19-20(23)11-18(12-21(19)24)17-9-7-16(8-10-17)15-5-3-14(13-22)4-6-15/h2,11-12,14-17H,1,3-10,13H2. The van der Waals surface area contributed by atoms with Crippen molar-refractivity contribution in [2.75, 3.05) is 6.67 Å². The summed E-state index contributed by atoms with van der Waals surface area (Å²) in [5, 5.41) is 0. The van der Waals surface area contributed by atoms with E-state index >= 15 is 0 Å². The van der Waals surface area contributed by atoms with Gasteiger partial charge in [-0.2, -0.15) is 0 Å². The molecule has 1 aromatic carbocycles. The minimum absolute atomic E-state index is 0.0305. The number of benzene rings is 1. The Labute approximate surface area is 143 Å². The van der Waals surface area contributed by atoms with Gasteiger partial charge in [-0.15, -0.1) is 0 Å². The second-order valence-electron chi connectivity index (χ2n) is 7.65. The first kappa shape index (κ1) is 17.6. The van der Waals surface area contributed by atoms with Crippen molar-refractivity contribution >= 4 is 6.08 Å². The highest BCUT2D eigenvalue weighted by Gasteiger charge is 2.31. The summed E-state index contributed by atoms with van der Waals surface area (Å²) in [5.74, 6) is 0.964. The second-order valence-corrected chi connectivity index (χ2v) is 7.65. The molecule has 0 amide bonds. The van der Waals surface area contributed by atoms with Crippen molar-refractivity contribution in [3.05, 3.63) is 41.5 Å². The Balaban J connectivity index is 1.58. The Morgan fingerprint density at radius 3 is 1.83 bits per heavy atom. The zero-order valence-corrected chi connectivity index (χ0v) is 14.2. The first-order chi connectivity index (χ1) is 11.6. The molecule has 2 fully saturated rings. The zero-order chi connectivity index (χ0) is 17.1. The van der Waals surface area contributed by atoms with E-state index in [2.05, 4.69) is 6.58 Å². The molecule has 2 saturated carbocycles. The fourth-order valence-electron chi connectivity index (χ4n) is 4.77. The maximum absolute atomic E-state index is 14.0. The highest BCUT2D eigenvalue weighted by Crippen LogP contribution is 2.44. The van der Waals surface area contributed by atoms with E-state index in [9.17, 15) is 13.2 Å². The Bertz CT molecular complexity index is 541. The van der Waals surface area contributed by atoms with Crippen LogP contribution in [0.15, 0.2) is 18.7 Å². The fourth-order valence-corrected chi connectivity index (χ4v) is 4.77. The van der Waals surface area contributed by atoms with Gasteiger partial charge in [0.25, 0.3) is 0 Å². The summed E-state index contributed by atoms with van der Waals surface area (Å²) in [7, 11) is 0. The van der Waals surface area contributed by atoms with Crippen molar-refractivity contribution in [3.8, 4) is 0 Å². The van der Waals surface area contributed by atoms with Gasteiger partial charge in [-0.1, -0.05) is 12.7 Å². The Hall–Kier alpha value is -1.25. The van der Waals surface area contributed by atoms with Crippen molar-refractivity contribution in [1.82, 2.24) is 0 Å². The monoisotopic (exact) mass is 336 g/mol. The van der Waals surface area contributed by atoms with Gasteiger partial charge < -0.3 is 0 Å². The molecule has 0 bridgehead atoms. The van der Waals surface area contributed by atoms with Gasteiger partial charge in [0.15, 0.2) is 0 Å². The minimum Gasteiger partial charge on any atom is -0.251 e. The van der Waals surface area contributed by atoms with Crippen LogP contribution in [0.4, 0.5) is 13.2 Å². The van der Waals surface area contributed by atoms with Crippen molar-refractivity contribution in [3.63, 3.8) is 0 Å². The van der Waals surface area contributed by atoms with E-state index in [1.807, 2.05) is 0 Å². The summed E-state index contributed by atoms with van der Waals surface area (Å²) in [5.41, 5.74) is 0.757. The smallest absolute Gasteiger partial charge is 0.133 e. The molecule has 0 aromatic heterocycles. The summed E-state index contributed by atoms with van der Waals surface area (Å²) in [6.45, 7) is 3.30. The SMILES string of the molecule is C=Cc1c(F)cc(C2CCC(C3CCC(CF)CC3)CC2)cc1F. The van der Waals surface area contributed by atoms with Crippen LogP contribution in [0.5, 0.6) is 0 Å². The van der Waals surface area contributed by atoms with Gasteiger partial charge in [0.1, 0.15) is 11.6 Å². The average Bonchev–Trinajstić information content (AvgIpc) is 2.62. The fraction of sp³-hybridized carbons (Fsp3) is 0.619. The third-order valence-corrected chi connectivity index (χ3v) is 6.33. The maximum Gasteiger partial charge on any atom is 0.133 e. The molecule has 1 aromatic rings. The number of hydrogen-bond donors (Lipinski definition) is 0. The van der Waals surface area contributed by atoms with Crippen LogP contribution in [0.25, 0.3) is 6.08 Å². The predicted octanol–water partition coefficient (Wildman–Crippen LogP) is 6.66. The van der Waals surface area contributed by atoms with Crippen molar-refractivity contribution in [2.24, 2.45) is 17.8 Å². The molecule has 0 saturated heterocycles. The normalized spacial score (nSPS) is 31.0.